The average molecular weight is 349 g/mol. The molecule has 1 aromatic rings. The van der Waals surface area contributed by atoms with Crippen LogP contribution in [0.5, 0.6) is 0 Å². The summed E-state index contributed by atoms with van der Waals surface area (Å²) in [4.78, 5) is 42.2. The van der Waals surface area contributed by atoms with Crippen LogP contribution >= 0.6 is 0 Å². The first kappa shape index (κ1) is 18.7. The van der Waals surface area contributed by atoms with Crippen molar-refractivity contribution >= 4 is 23.8 Å². The van der Waals surface area contributed by atoms with Crippen LogP contribution in [-0.4, -0.2) is 59.2 Å². The van der Waals surface area contributed by atoms with E-state index in [1.165, 1.54) is 12.0 Å². The lowest BCUT2D eigenvalue weighted by Crippen LogP contribution is -2.41. The van der Waals surface area contributed by atoms with Gasteiger partial charge in [-0.25, -0.2) is 14.6 Å². The molecule has 1 atom stereocenters. The third-order valence-corrected chi connectivity index (χ3v) is 4.23. The van der Waals surface area contributed by atoms with Gasteiger partial charge in [-0.15, -0.1) is 0 Å². The summed E-state index contributed by atoms with van der Waals surface area (Å²) in [6.45, 7) is 2.55. The van der Waals surface area contributed by atoms with Gasteiger partial charge in [-0.2, -0.15) is 0 Å². The Morgan fingerprint density at radius 2 is 2.20 bits per heavy atom. The maximum atomic E-state index is 12.4. The van der Waals surface area contributed by atoms with E-state index in [1.807, 2.05) is 6.92 Å². The predicted octanol–water partition coefficient (Wildman–Crippen LogP) is 1.82. The molecule has 0 unspecified atom stereocenters. The van der Waals surface area contributed by atoms with Gasteiger partial charge in [-0.05, 0) is 43.9 Å². The molecule has 2 amide bonds. The van der Waals surface area contributed by atoms with Crippen LogP contribution in [0.2, 0.25) is 0 Å². The van der Waals surface area contributed by atoms with Crippen molar-refractivity contribution in [1.82, 2.24) is 9.88 Å². The average Bonchev–Trinajstić information content (AvgIpc) is 3.07. The molecule has 8 nitrogen and oxygen atoms in total. The lowest BCUT2D eigenvalue weighted by atomic mass is 10.2. The van der Waals surface area contributed by atoms with Crippen molar-refractivity contribution in [3.05, 3.63) is 23.9 Å². The van der Waals surface area contributed by atoms with E-state index in [4.69, 9.17) is 4.74 Å². The van der Waals surface area contributed by atoms with Crippen LogP contribution in [0.3, 0.4) is 0 Å². The van der Waals surface area contributed by atoms with Crippen molar-refractivity contribution in [2.24, 2.45) is 0 Å². The molecular formula is C17H23N3O5. The van der Waals surface area contributed by atoms with Crippen molar-refractivity contribution in [2.75, 3.05) is 25.1 Å². The van der Waals surface area contributed by atoms with Gasteiger partial charge in [0.15, 0.2) is 0 Å². The number of amides is 2. The molecule has 0 spiro atoms. The monoisotopic (exact) mass is 349 g/mol. The number of anilines is 1. The molecule has 0 bridgehead atoms. The maximum Gasteiger partial charge on any atom is 0.413 e. The minimum Gasteiger partial charge on any atom is -0.467 e. The van der Waals surface area contributed by atoms with E-state index in [9.17, 15) is 19.5 Å². The number of carbonyl (C=O) groups is 3. The van der Waals surface area contributed by atoms with Crippen LogP contribution in [0.1, 0.15) is 31.2 Å². The number of carbonyl (C=O) groups excluding carboxylic acids is 2. The zero-order chi connectivity index (χ0) is 18.4. The van der Waals surface area contributed by atoms with Gasteiger partial charge in [0.05, 0.1) is 7.11 Å². The van der Waals surface area contributed by atoms with Gasteiger partial charge in [0.1, 0.15) is 11.9 Å². The Morgan fingerprint density at radius 1 is 1.44 bits per heavy atom. The Balaban J connectivity index is 1.92. The van der Waals surface area contributed by atoms with Gasteiger partial charge in [0, 0.05) is 25.7 Å². The van der Waals surface area contributed by atoms with Crippen LogP contribution < -0.4 is 4.90 Å². The van der Waals surface area contributed by atoms with Crippen molar-refractivity contribution in [3.63, 3.8) is 0 Å². The number of aryl methyl sites for hydroxylation is 1. The van der Waals surface area contributed by atoms with E-state index in [0.29, 0.717) is 25.2 Å². The molecule has 2 heterocycles. The van der Waals surface area contributed by atoms with Gasteiger partial charge in [-0.1, -0.05) is 0 Å². The molecular weight excluding hydrogens is 326 g/mol. The number of likely N-dealkylation sites (tertiary alicyclic amines) is 1. The van der Waals surface area contributed by atoms with Crippen LogP contribution in [0.15, 0.2) is 18.3 Å². The van der Waals surface area contributed by atoms with Crippen LogP contribution in [0, 0.1) is 6.92 Å². The van der Waals surface area contributed by atoms with E-state index in [2.05, 4.69) is 4.98 Å². The number of ether oxygens (including phenoxy) is 1. The van der Waals surface area contributed by atoms with E-state index < -0.39 is 18.1 Å². The minimum absolute atomic E-state index is 0.157. The van der Waals surface area contributed by atoms with Crippen LogP contribution in [0.25, 0.3) is 0 Å². The topological polar surface area (TPSA) is 100 Å². The zero-order valence-corrected chi connectivity index (χ0v) is 14.5. The lowest BCUT2D eigenvalue weighted by Gasteiger charge is -2.23. The number of aromatic nitrogens is 1. The Morgan fingerprint density at radius 3 is 2.84 bits per heavy atom. The highest BCUT2D eigenvalue weighted by molar-refractivity contribution is 5.86. The summed E-state index contributed by atoms with van der Waals surface area (Å²) < 4.78 is 4.73. The predicted molar refractivity (Wildman–Crippen MR) is 90.3 cm³/mol. The van der Waals surface area contributed by atoms with Gasteiger partial charge in [0.25, 0.3) is 0 Å². The first-order valence-electron chi connectivity index (χ1n) is 8.24. The lowest BCUT2D eigenvalue weighted by molar-refractivity contribution is -0.151. The maximum absolute atomic E-state index is 12.4. The molecule has 136 valence electrons. The van der Waals surface area contributed by atoms with Gasteiger partial charge < -0.3 is 14.7 Å². The number of hydrogen-bond donors (Lipinski definition) is 1. The Labute approximate surface area is 146 Å². The Bertz CT molecular complexity index is 649. The van der Waals surface area contributed by atoms with Crippen molar-refractivity contribution in [3.8, 4) is 0 Å². The zero-order valence-electron chi connectivity index (χ0n) is 14.5. The van der Waals surface area contributed by atoms with E-state index >= 15 is 0 Å². The molecule has 0 radical (unpaired) electrons. The summed E-state index contributed by atoms with van der Waals surface area (Å²) in [5.41, 5.74) is 0.908. The summed E-state index contributed by atoms with van der Waals surface area (Å²) in [6, 6.07) is 2.95. The van der Waals surface area contributed by atoms with E-state index in [-0.39, 0.29) is 18.9 Å². The van der Waals surface area contributed by atoms with Crippen molar-refractivity contribution in [1.29, 1.82) is 0 Å². The first-order chi connectivity index (χ1) is 11.9. The third-order valence-electron chi connectivity index (χ3n) is 4.23. The van der Waals surface area contributed by atoms with Gasteiger partial charge >= 0.3 is 12.1 Å². The van der Waals surface area contributed by atoms with Crippen molar-refractivity contribution in [2.45, 2.75) is 38.6 Å². The number of esters is 1. The second-order valence-electron chi connectivity index (χ2n) is 6.00. The number of pyridine rings is 1. The fourth-order valence-electron chi connectivity index (χ4n) is 2.95. The van der Waals surface area contributed by atoms with E-state index in [0.717, 1.165) is 16.9 Å². The molecule has 1 aromatic heterocycles. The normalized spacial score (nSPS) is 16.6. The second-order valence-corrected chi connectivity index (χ2v) is 6.00. The molecule has 1 fully saturated rings. The number of carboxylic acid groups (broad SMARTS) is 1. The molecule has 0 aromatic carbocycles. The highest BCUT2D eigenvalue weighted by Crippen LogP contribution is 2.20. The van der Waals surface area contributed by atoms with Gasteiger partial charge in [0.2, 0.25) is 5.91 Å². The summed E-state index contributed by atoms with van der Waals surface area (Å²) >= 11 is 0. The quantitative estimate of drug-likeness (QED) is 0.786. The highest BCUT2D eigenvalue weighted by Gasteiger charge is 2.34. The molecule has 1 saturated heterocycles. The first-order valence-corrected chi connectivity index (χ1v) is 8.24. The minimum atomic E-state index is -1.11. The number of rotatable bonds is 6. The largest absolute Gasteiger partial charge is 0.467 e. The van der Waals surface area contributed by atoms with Crippen molar-refractivity contribution < 1.29 is 24.2 Å². The van der Waals surface area contributed by atoms with E-state index in [1.54, 1.807) is 18.3 Å². The molecule has 25 heavy (non-hydrogen) atoms. The molecule has 2 rings (SSSR count). The Kier molecular flexibility index (Phi) is 6.32. The summed E-state index contributed by atoms with van der Waals surface area (Å²) in [5, 5.41) is 9.37. The number of hydrogen-bond acceptors (Lipinski definition) is 5. The standard InChI is InChI=1S/C17H23N3O5/c1-12-7-8-18-14(11-12)20(17(23)24)10-4-6-15(21)19-9-3-5-13(19)16(22)25-2/h7-8,11,13H,3-6,9-10H2,1-2H3,(H,23,24)/t13-/m0/s1. The van der Waals surface area contributed by atoms with Gasteiger partial charge in [-0.3, -0.25) is 9.69 Å². The van der Waals surface area contributed by atoms with Crippen LogP contribution in [0.4, 0.5) is 10.6 Å². The van der Waals surface area contributed by atoms with Crippen LogP contribution in [-0.2, 0) is 14.3 Å². The highest BCUT2D eigenvalue weighted by atomic mass is 16.5. The molecule has 1 N–H and O–H groups in total. The molecule has 0 saturated carbocycles. The second kappa shape index (κ2) is 8.46. The molecule has 1 aliphatic heterocycles. The number of nitrogens with zero attached hydrogens (tertiary/aromatic N) is 3. The SMILES string of the molecule is COC(=O)[C@@H]1CCCN1C(=O)CCCN(C(=O)O)c1cc(C)ccn1. The fraction of sp³-hybridized carbons (Fsp3) is 0.529. The Hall–Kier alpha value is -2.64. The smallest absolute Gasteiger partial charge is 0.413 e. The summed E-state index contributed by atoms with van der Waals surface area (Å²) in [6.07, 6.45) is 2.33. The fourth-order valence-corrected chi connectivity index (χ4v) is 2.95. The third kappa shape index (κ3) is 4.68. The molecule has 8 heteroatoms. The summed E-state index contributed by atoms with van der Waals surface area (Å²) in [5.74, 6) is -0.217. The number of methoxy groups -OCH3 is 1. The summed E-state index contributed by atoms with van der Waals surface area (Å²) in [7, 11) is 1.31. The molecule has 0 aliphatic carbocycles. The molecule has 1 aliphatic rings.